The van der Waals surface area contributed by atoms with Crippen LogP contribution < -0.4 is 10.6 Å². The fourth-order valence-corrected chi connectivity index (χ4v) is 3.36. The molecule has 0 saturated carbocycles. The normalized spacial score (nSPS) is 19.6. The van der Waals surface area contributed by atoms with Crippen LogP contribution in [0.2, 0.25) is 0 Å². The summed E-state index contributed by atoms with van der Waals surface area (Å²) in [6, 6.07) is 6.28. The average molecular weight is 337 g/mol. The highest BCUT2D eigenvalue weighted by atomic mass is 35.5. The molecule has 126 valence electrons. The Bertz CT molecular complexity index is 568. The molecule has 1 aromatic carbocycles. The van der Waals surface area contributed by atoms with Crippen molar-refractivity contribution < 1.29 is 9.59 Å². The Morgan fingerprint density at radius 3 is 2.65 bits per heavy atom. The number of benzene rings is 1. The number of hydrogen-bond donors (Lipinski definition) is 2. The molecule has 1 atom stereocenters. The molecule has 2 N–H and O–H groups in total. The summed E-state index contributed by atoms with van der Waals surface area (Å²) in [6.45, 7) is 1.80. The van der Waals surface area contributed by atoms with Crippen LogP contribution in [0.5, 0.6) is 0 Å². The second-order valence-corrected chi connectivity index (χ2v) is 6.37. The van der Waals surface area contributed by atoms with Crippen molar-refractivity contribution in [2.24, 2.45) is 0 Å². The Morgan fingerprint density at radius 1 is 1.13 bits per heavy atom. The Hall–Kier alpha value is -1.39. The lowest BCUT2D eigenvalue weighted by molar-refractivity contribution is -0.121. The molecule has 0 aromatic heterocycles. The van der Waals surface area contributed by atoms with Crippen LogP contribution in [-0.4, -0.2) is 30.8 Å². The van der Waals surface area contributed by atoms with Gasteiger partial charge in [0.1, 0.15) is 0 Å². The molecule has 0 bridgehead atoms. The maximum absolute atomic E-state index is 12.3. The van der Waals surface area contributed by atoms with Crippen molar-refractivity contribution >= 4 is 24.1 Å². The van der Waals surface area contributed by atoms with Crippen LogP contribution in [-0.2, 0) is 17.6 Å². The zero-order valence-corrected chi connectivity index (χ0v) is 14.2. The van der Waals surface area contributed by atoms with E-state index >= 15 is 0 Å². The van der Waals surface area contributed by atoms with E-state index in [0.29, 0.717) is 6.42 Å². The summed E-state index contributed by atoms with van der Waals surface area (Å²) in [5.74, 6) is 0.0630. The Morgan fingerprint density at radius 2 is 1.91 bits per heavy atom. The number of Topliss-reactive ketones (excluding diaryl/α,β-unsaturated/α-hetero) is 1. The highest BCUT2D eigenvalue weighted by molar-refractivity contribution is 5.98. The predicted octanol–water partition coefficient (Wildman–Crippen LogP) is 2.43. The Balaban J connectivity index is 0.00000192. The lowest BCUT2D eigenvalue weighted by Crippen LogP contribution is -2.36. The van der Waals surface area contributed by atoms with Gasteiger partial charge in [0.25, 0.3) is 0 Å². The standard InChI is InChI=1S/C18H24N2O2.ClH/c21-17(7-8-18(22)20-16-9-10-19-12-16)15-6-5-13-3-1-2-4-14(13)11-15;/h5-6,11,16,19H,1-4,7-10,12H2,(H,20,22);1H. The summed E-state index contributed by atoms with van der Waals surface area (Å²) in [6.07, 6.45) is 6.22. The lowest BCUT2D eigenvalue weighted by Gasteiger charge is -2.16. The molecule has 1 aliphatic heterocycles. The predicted molar refractivity (Wildman–Crippen MR) is 93.3 cm³/mol. The third-order valence-corrected chi connectivity index (χ3v) is 4.68. The maximum atomic E-state index is 12.3. The zero-order chi connectivity index (χ0) is 15.4. The first-order chi connectivity index (χ1) is 10.7. The fraction of sp³-hybridized carbons (Fsp3) is 0.556. The molecule has 1 aromatic rings. The minimum absolute atomic E-state index is 0. The van der Waals surface area contributed by atoms with E-state index in [-0.39, 0.29) is 36.6 Å². The molecule has 1 amide bonds. The van der Waals surface area contributed by atoms with Gasteiger partial charge in [-0.1, -0.05) is 12.1 Å². The summed E-state index contributed by atoms with van der Waals surface area (Å²) in [5, 5.41) is 6.20. The number of ketones is 1. The van der Waals surface area contributed by atoms with Crippen LogP contribution in [0, 0.1) is 0 Å². The van der Waals surface area contributed by atoms with Gasteiger partial charge >= 0.3 is 0 Å². The number of amides is 1. The van der Waals surface area contributed by atoms with E-state index < -0.39 is 0 Å². The Kier molecular flexibility index (Phi) is 6.60. The molecule has 4 nitrogen and oxygen atoms in total. The van der Waals surface area contributed by atoms with Crippen molar-refractivity contribution in [3.63, 3.8) is 0 Å². The lowest BCUT2D eigenvalue weighted by atomic mass is 9.89. The number of hydrogen-bond acceptors (Lipinski definition) is 3. The number of fused-ring (bicyclic) bond motifs is 1. The van der Waals surface area contributed by atoms with Gasteiger partial charge in [0.2, 0.25) is 5.91 Å². The molecule has 0 spiro atoms. The van der Waals surface area contributed by atoms with Crippen molar-refractivity contribution in [2.45, 2.75) is 51.0 Å². The summed E-state index contributed by atoms with van der Waals surface area (Å²) >= 11 is 0. The van der Waals surface area contributed by atoms with Crippen LogP contribution in [0.1, 0.15) is 53.6 Å². The quantitative estimate of drug-likeness (QED) is 0.812. The summed E-state index contributed by atoms with van der Waals surface area (Å²) in [4.78, 5) is 24.2. The second kappa shape index (κ2) is 8.46. The van der Waals surface area contributed by atoms with E-state index in [1.54, 1.807) is 0 Å². The molecule has 23 heavy (non-hydrogen) atoms. The minimum atomic E-state index is -0.0139. The number of halogens is 1. The van der Waals surface area contributed by atoms with E-state index in [4.69, 9.17) is 0 Å². The van der Waals surface area contributed by atoms with Crippen molar-refractivity contribution in [1.29, 1.82) is 0 Å². The summed E-state index contributed by atoms with van der Waals surface area (Å²) < 4.78 is 0. The average Bonchev–Trinajstić information content (AvgIpc) is 3.05. The van der Waals surface area contributed by atoms with Gasteiger partial charge in [-0.2, -0.15) is 0 Å². The zero-order valence-electron chi connectivity index (χ0n) is 13.4. The Labute approximate surface area is 143 Å². The van der Waals surface area contributed by atoms with Crippen molar-refractivity contribution in [3.8, 4) is 0 Å². The van der Waals surface area contributed by atoms with Crippen molar-refractivity contribution in [1.82, 2.24) is 10.6 Å². The number of aryl methyl sites for hydroxylation is 2. The number of carbonyl (C=O) groups is 2. The molecule has 1 unspecified atom stereocenters. The topological polar surface area (TPSA) is 58.2 Å². The van der Waals surface area contributed by atoms with Crippen LogP contribution in [0.3, 0.4) is 0 Å². The first-order valence-electron chi connectivity index (χ1n) is 8.37. The van der Waals surface area contributed by atoms with E-state index in [1.165, 1.54) is 24.0 Å². The van der Waals surface area contributed by atoms with E-state index in [0.717, 1.165) is 37.9 Å². The molecule has 1 fully saturated rings. The monoisotopic (exact) mass is 336 g/mol. The van der Waals surface area contributed by atoms with Gasteiger partial charge in [-0.15, -0.1) is 12.4 Å². The SMILES string of the molecule is Cl.O=C(CCC(=O)c1ccc2c(c1)CCCC2)NC1CCNC1. The van der Waals surface area contributed by atoms with E-state index in [9.17, 15) is 9.59 Å². The molecule has 3 rings (SSSR count). The smallest absolute Gasteiger partial charge is 0.220 e. The number of nitrogens with one attached hydrogen (secondary N) is 2. The minimum Gasteiger partial charge on any atom is -0.352 e. The third kappa shape index (κ3) is 4.79. The van der Waals surface area contributed by atoms with E-state index in [1.807, 2.05) is 12.1 Å². The van der Waals surface area contributed by atoms with Crippen molar-refractivity contribution in [3.05, 3.63) is 34.9 Å². The highest BCUT2D eigenvalue weighted by Crippen LogP contribution is 2.22. The molecule has 0 radical (unpaired) electrons. The molecule has 1 saturated heterocycles. The van der Waals surface area contributed by atoms with Gasteiger partial charge in [-0.05, 0) is 55.8 Å². The van der Waals surface area contributed by atoms with Crippen LogP contribution >= 0.6 is 12.4 Å². The van der Waals surface area contributed by atoms with Crippen LogP contribution in [0.4, 0.5) is 0 Å². The largest absolute Gasteiger partial charge is 0.352 e. The van der Waals surface area contributed by atoms with Crippen LogP contribution in [0.15, 0.2) is 18.2 Å². The third-order valence-electron chi connectivity index (χ3n) is 4.68. The maximum Gasteiger partial charge on any atom is 0.220 e. The van der Waals surface area contributed by atoms with Gasteiger partial charge < -0.3 is 10.6 Å². The van der Waals surface area contributed by atoms with Gasteiger partial charge in [-0.25, -0.2) is 0 Å². The summed E-state index contributed by atoms with van der Waals surface area (Å²) in [7, 11) is 0. The molecular weight excluding hydrogens is 312 g/mol. The molecule has 1 heterocycles. The summed E-state index contributed by atoms with van der Waals surface area (Å²) in [5.41, 5.74) is 3.46. The van der Waals surface area contributed by atoms with Gasteiger partial charge in [0.05, 0.1) is 0 Å². The second-order valence-electron chi connectivity index (χ2n) is 6.37. The molecular formula is C18H25ClN2O2. The van der Waals surface area contributed by atoms with E-state index in [2.05, 4.69) is 16.7 Å². The number of carbonyl (C=O) groups excluding carboxylic acids is 2. The molecule has 5 heteroatoms. The molecule has 1 aliphatic carbocycles. The highest BCUT2D eigenvalue weighted by Gasteiger charge is 2.18. The number of rotatable bonds is 5. The van der Waals surface area contributed by atoms with Gasteiger partial charge in [0.15, 0.2) is 5.78 Å². The fourth-order valence-electron chi connectivity index (χ4n) is 3.36. The van der Waals surface area contributed by atoms with Crippen molar-refractivity contribution in [2.75, 3.05) is 13.1 Å². The van der Waals surface area contributed by atoms with Gasteiger partial charge in [-0.3, -0.25) is 9.59 Å². The first-order valence-corrected chi connectivity index (χ1v) is 8.37. The van der Waals surface area contributed by atoms with Gasteiger partial charge in [0, 0.05) is 31.0 Å². The first kappa shape index (κ1) is 18.0. The van der Waals surface area contributed by atoms with Crippen LogP contribution in [0.25, 0.3) is 0 Å². The molecule has 2 aliphatic rings.